The summed E-state index contributed by atoms with van der Waals surface area (Å²) in [6.07, 6.45) is 0.849. The van der Waals surface area contributed by atoms with E-state index in [9.17, 15) is 9.59 Å². The number of benzene rings is 2. The minimum absolute atomic E-state index is 0.0676. The zero-order valence-electron chi connectivity index (χ0n) is 15.7. The van der Waals surface area contributed by atoms with Gasteiger partial charge in [-0.15, -0.1) is 0 Å². The fourth-order valence-corrected chi connectivity index (χ4v) is 2.42. The Morgan fingerprint density at radius 3 is 2.22 bits per heavy atom. The predicted molar refractivity (Wildman–Crippen MR) is 107 cm³/mol. The highest BCUT2D eigenvalue weighted by Crippen LogP contribution is 2.15. The minimum Gasteiger partial charge on any atom is -0.494 e. The molecule has 0 spiro atoms. The first-order chi connectivity index (χ1) is 13.1. The van der Waals surface area contributed by atoms with Crippen LogP contribution < -0.4 is 15.5 Å². The van der Waals surface area contributed by atoms with Crippen LogP contribution >= 0.6 is 0 Å². The zero-order chi connectivity index (χ0) is 19.5. The lowest BCUT2D eigenvalue weighted by Gasteiger charge is -2.07. The summed E-state index contributed by atoms with van der Waals surface area (Å²) in [5, 5.41) is 6.93. The molecule has 6 nitrogen and oxygen atoms in total. The van der Waals surface area contributed by atoms with Crippen molar-refractivity contribution in [2.45, 2.75) is 33.1 Å². The highest BCUT2D eigenvalue weighted by atomic mass is 16.5. The van der Waals surface area contributed by atoms with Crippen LogP contribution in [0.5, 0.6) is 5.75 Å². The van der Waals surface area contributed by atoms with Gasteiger partial charge in [-0.2, -0.15) is 5.10 Å². The molecule has 142 valence electrons. The van der Waals surface area contributed by atoms with Gasteiger partial charge in [-0.05, 0) is 43.2 Å². The molecule has 27 heavy (non-hydrogen) atoms. The van der Waals surface area contributed by atoms with E-state index in [2.05, 4.69) is 15.8 Å². The summed E-state index contributed by atoms with van der Waals surface area (Å²) in [6, 6.07) is 16.8. The van der Waals surface area contributed by atoms with Gasteiger partial charge in [0.1, 0.15) is 5.75 Å². The molecule has 0 radical (unpaired) electrons. The van der Waals surface area contributed by atoms with Gasteiger partial charge < -0.3 is 10.1 Å². The van der Waals surface area contributed by atoms with Crippen LogP contribution in [0.1, 0.15) is 38.7 Å². The highest BCUT2D eigenvalue weighted by Gasteiger charge is 2.08. The third-order valence-corrected chi connectivity index (χ3v) is 3.79. The van der Waals surface area contributed by atoms with Crippen LogP contribution in [-0.4, -0.2) is 24.1 Å². The van der Waals surface area contributed by atoms with E-state index in [0.29, 0.717) is 18.7 Å². The van der Waals surface area contributed by atoms with Crippen molar-refractivity contribution in [3.63, 3.8) is 0 Å². The highest BCUT2D eigenvalue weighted by molar-refractivity contribution is 6.01. The van der Waals surface area contributed by atoms with Gasteiger partial charge in [-0.3, -0.25) is 9.59 Å². The lowest BCUT2D eigenvalue weighted by Crippen LogP contribution is -2.22. The van der Waals surface area contributed by atoms with E-state index in [-0.39, 0.29) is 24.7 Å². The number of carbonyl (C=O) groups excluding carboxylic acids is 2. The molecule has 0 atom stereocenters. The van der Waals surface area contributed by atoms with Crippen molar-refractivity contribution in [2.24, 2.45) is 5.10 Å². The molecule has 0 heterocycles. The topological polar surface area (TPSA) is 79.8 Å². The number of anilines is 1. The van der Waals surface area contributed by atoms with E-state index >= 15 is 0 Å². The Bertz CT molecular complexity index is 771. The number of nitrogens with one attached hydrogen (secondary N) is 2. The second kappa shape index (κ2) is 10.8. The molecule has 0 aliphatic rings. The Morgan fingerprint density at radius 1 is 0.926 bits per heavy atom. The maximum absolute atomic E-state index is 12.0. The van der Waals surface area contributed by atoms with Gasteiger partial charge in [-0.1, -0.05) is 37.3 Å². The summed E-state index contributed by atoms with van der Waals surface area (Å²) < 4.78 is 5.35. The van der Waals surface area contributed by atoms with Crippen LogP contribution in [0.15, 0.2) is 59.7 Å². The fourth-order valence-electron chi connectivity index (χ4n) is 2.42. The van der Waals surface area contributed by atoms with E-state index in [0.717, 1.165) is 17.0 Å². The molecular formula is C21H25N3O3. The third kappa shape index (κ3) is 6.93. The van der Waals surface area contributed by atoms with Gasteiger partial charge in [0, 0.05) is 18.5 Å². The van der Waals surface area contributed by atoms with E-state index < -0.39 is 0 Å². The summed E-state index contributed by atoms with van der Waals surface area (Å²) >= 11 is 0. The van der Waals surface area contributed by atoms with E-state index in [1.807, 2.05) is 44.2 Å². The van der Waals surface area contributed by atoms with Gasteiger partial charge in [0.2, 0.25) is 11.8 Å². The summed E-state index contributed by atoms with van der Waals surface area (Å²) in [6.45, 7) is 4.48. The van der Waals surface area contributed by atoms with Crippen molar-refractivity contribution >= 4 is 23.2 Å². The summed E-state index contributed by atoms with van der Waals surface area (Å²) in [7, 11) is 0. The first-order valence-corrected chi connectivity index (χ1v) is 9.06. The monoisotopic (exact) mass is 367 g/mol. The SMILES string of the molecule is CCOc1ccc(NC(=O)CCC(=O)N/N=C(\CC)c2ccccc2)cc1. The summed E-state index contributed by atoms with van der Waals surface area (Å²) in [5.74, 6) is 0.230. The van der Waals surface area contributed by atoms with Crippen molar-refractivity contribution < 1.29 is 14.3 Å². The quantitative estimate of drug-likeness (QED) is 0.523. The number of hydrazone groups is 1. The van der Waals surface area contributed by atoms with Crippen molar-refractivity contribution in [1.29, 1.82) is 0 Å². The van der Waals surface area contributed by atoms with Crippen LogP contribution in [-0.2, 0) is 9.59 Å². The second-order valence-corrected chi connectivity index (χ2v) is 5.82. The number of carbonyl (C=O) groups is 2. The lowest BCUT2D eigenvalue weighted by molar-refractivity contribution is -0.124. The molecular weight excluding hydrogens is 342 g/mol. The zero-order valence-corrected chi connectivity index (χ0v) is 15.7. The van der Waals surface area contributed by atoms with Crippen LogP contribution in [0, 0.1) is 0 Å². The van der Waals surface area contributed by atoms with E-state index in [1.54, 1.807) is 24.3 Å². The molecule has 6 heteroatoms. The minimum atomic E-state index is -0.293. The van der Waals surface area contributed by atoms with E-state index in [1.165, 1.54) is 0 Å². The first-order valence-electron chi connectivity index (χ1n) is 9.06. The van der Waals surface area contributed by atoms with Gasteiger partial charge in [0.05, 0.1) is 12.3 Å². The maximum atomic E-state index is 12.0. The Labute approximate surface area is 159 Å². The molecule has 0 fully saturated rings. The normalized spacial score (nSPS) is 11.0. The molecule has 2 rings (SSSR count). The van der Waals surface area contributed by atoms with Crippen molar-refractivity contribution in [1.82, 2.24) is 5.43 Å². The number of amides is 2. The second-order valence-electron chi connectivity index (χ2n) is 5.82. The molecule has 2 N–H and O–H groups in total. The number of rotatable bonds is 9. The average Bonchev–Trinajstić information content (AvgIpc) is 2.69. The standard InChI is InChI=1S/C21H25N3O3/c1-3-19(16-8-6-5-7-9-16)23-24-21(26)15-14-20(25)22-17-10-12-18(13-11-17)27-4-2/h5-13H,3-4,14-15H2,1-2H3,(H,22,25)(H,24,26)/b23-19+. The van der Waals surface area contributed by atoms with Crippen molar-refractivity contribution in [2.75, 3.05) is 11.9 Å². The average molecular weight is 367 g/mol. The van der Waals surface area contributed by atoms with Crippen LogP contribution in [0.3, 0.4) is 0 Å². The predicted octanol–water partition coefficient (Wildman–Crippen LogP) is 3.73. The van der Waals surface area contributed by atoms with Gasteiger partial charge >= 0.3 is 0 Å². The van der Waals surface area contributed by atoms with Crippen LogP contribution in [0.2, 0.25) is 0 Å². The molecule has 0 aromatic heterocycles. The molecule has 0 unspecified atom stereocenters. The smallest absolute Gasteiger partial charge is 0.240 e. The first kappa shape index (κ1) is 20.2. The number of ether oxygens (including phenoxy) is 1. The third-order valence-electron chi connectivity index (χ3n) is 3.79. The lowest BCUT2D eigenvalue weighted by atomic mass is 10.1. The van der Waals surface area contributed by atoms with Gasteiger partial charge in [0.15, 0.2) is 0 Å². The van der Waals surface area contributed by atoms with Crippen LogP contribution in [0.4, 0.5) is 5.69 Å². The van der Waals surface area contributed by atoms with E-state index in [4.69, 9.17) is 4.74 Å². The number of nitrogens with zero attached hydrogens (tertiary/aromatic N) is 1. The Morgan fingerprint density at radius 2 is 1.59 bits per heavy atom. The molecule has 2 amide bonds. The number of hydrogen-bond donors (Lipinski definition) is 2. The molecule has 0 aliphatic carbocycles. The summed E-state index contributed by atoms with van der Waals surface area (Å²) in [5.41, 5.74) is 4.95. The van der Waals surface area contributed by atoms with Crippen molar-refractivity contribution in [3.05, 3.63) is 60.2 Å². The van der Waals surface area contributed by atoms with Crippen molar-refractivity contribution in [3.8, 4) is 5.75 Å². The number of hydrogen-bond acceptors (Lipinski definition) is 4. The summed E-state index contributed by atoms with van der Waals surface area (Å²) in [4.78, 5) is 23.9. The molecule has 0 aliphatic heterocycles. The Kier molecular flexibility index (Phi) is 8.03. The fraction of sp³-hybridized carbons (Fsp3) is 0.286. The Hall–Kier alpha value is -3.15. The Balaban J connectivity index is 1.79. The van der Waals surface area contributed by atoms with Gasteiger partial charge in [0.25, 0.3) is 0 Å². The molecule has 0 saturated carbocycles. The maximum Gasteiger partial charge on any atom is 0.240 e. The van der Waals surface area contributed by atoms with Crippen LogP contribution in [0.25, 0.3) is 0 Å². The molecule has 0 bridgehead atoms. The molecule has 2 aromatic rings. The molecule has 0 saturated heterocycles. The van der Waals surface area contributed by atoms with Gasteiger partial charge in [-0.25, -0.2) is 5.43 Å². The molecule has 2 aromatic carbocycles. The largest absolute Gasteiger partial charge is 0.494 e.